The highest BCUT2D eigenvalue weighted by molar-refractivity contribution is 5.94. The molecule has 0 bridgehead atoms. The van der Waals surface area contributed by atoms with Crippen molar-refractivity contribution in [2.75, 3.05) is 13.2 Å². The lowest BCUT2D eigenvalue weighted by Crippen LogP contribution is -2.25. The van der Waals surface area contributed by atoms with E-state index in [-0.39, 0.29) is 12.5 Å². The van der Waals surface area contributed by atoms with Gasteiger partial charge in [0.15, 0.2) is 0 Å². The van der Waals surface area contributed by atoms with Crippen LogP contribution in [0.5, 0.6) is 0 Å². The van der Waals surface area contributed by atoms with Gasteiger partial charge in [-0.05, 0) is 23.6 Å². The maximum atomic E-state index is 11.8. The Hall–Kier alpha value is -1.38. The van der Waals surface area contributed by atoms with E-state index in [0.717, 1.165) is 0 Å². The van der Waals surface area contributed by atoms with E-state index >= 15 is 0 Å². The summed E-state index contributed by atoms with van der Waals surface area (Å²) in [5.74, 6) is 0.232. The zero-order valence-corrected chi connectivity index (χ0v) is 9.09. The molecule has 0 aliphatic rings. The molecule has 1 aromatic rings. The number of rotatable bonds is 4. The normalized spacial score (nSPS) is 10.4. The summed E-state index contributed by atoms with van der Waals surface area (Å²) in [5, 5.41) is 2.48. The van der Waals surface area contributed by atoms with Gasteiger partial charge in [-0.3, -0.25) is 4.79 Å². The van der Waals surface area contributed by atoms with Crippen molar-refractivity contribution in [1.82, 2.24) is 5.32 Å². The monoisotopic (exact) mass is 209 g/mol. The molecular formula is C12H16FNO. The Balaban J connectivity index is 2.67. The quantitative estimate of drug-likeness (QED) is 0.811. The average molecular weight is 209 g/mol. The molecule has 0 saturated carbocycles. The second-order valence-corrected chi connectivity index (χ2v) is 3.72. The predicted octanol–water partition coefficient (Wildman–Crippen LogP) is 2.51. The molecule has 3 heteroatoms. The van der Waals surface area contributed by atoms with Gasteiger partial charge in [0.05, 0.1) is 0 Å². The number of hydrogen-bond donors (Lipinski definition) is 1. The van der Waals surface area contributed by atoms with Crippen LogP contribution in [0.1, 0.15) is 35.7 Å². The Bertz CT molecular complexity index is 319. The zero-order chi connectivity index (χ0) is 11.3. The van der Waals surface area contributed by atoms with Gasteiger partial charge in [0.1, 0.15) is 6.67 Å². The van der Waals surface area contributed by atoms with E-state index in [4.69, 9.17) is 0 Å². The fourth-order valence-electron chi connectivity index (χ4n) is 1.28. The molecule has 1 N–H and O–H groups in total. The van der Waals surface area contributed by atoms with Gasteiger partial charge in [-0.25, -0.2) is 4.39 Å². The van der Waals surface area contributed by atoms with E-state index in [1.165, 1.54) is 5.56 Å². The standard InChI is InChI=1S/C12H16FNO/c1-9(2)10-3-5-11(6-4-10)12(15)14-8-7-13/h3-6,9H,7-8H2,1-2H3,(H,14,15). The molecule has 0 aliphatic heterocycles. The fraction of sp³-hybridized carbons (Fsp3) is 0.417. The summed E-state index contributed by atoms with van der Waals surface area (Å²) in [6, 6.07) is 7.38. The fourth-order valence-corrected chi connectivity index (χ4v) is 1.28. The lowest BCUT2D eigenvalue weighted by molar-refractivity contribution is 0.0951. The number of halogens is 1. The number of carbonyl (C=O) groups is 1. The first-order chi connectivity index (χ1) is 7.15. The molecule has 82 valence electrons. The number of nitrogens with one attached hydrogen (secondary N) is 1. The summed E-state index contributed by atoms with van der Waals surface area (Å²) in [6.45, 7) is 3.73. The molecule has 0 aromatic heterocycles. The smallest absolute Gasteiger partial charge is 0.251 e. The largest absolute Gasteiger partial charge is 0.349 e. The van der Waals surface area contributed by atoms with Crippen LogP contribution in [0, 0.1) is 0 Å². The molecule has 0 aliphatic carbocycles. The van der Waals surface area contributed by atoms with Crippen molar-refractivity contribution < 1.29 is 9.18 Å². The Kier molecular flexibility index (Phi) is 4.28. The molecule has 15 heavy (non-hydrogen) atoms. The van der Waals surface area contributed by atoms with Gasteiger partial charge in [0, 0.05) is 12.1 Å². The zero-order valence-electron chi connectivity index (χ0n) is 9.09. The number of amides is 1. The molecule has 0 unspecified atom stereocenters. The maximum Gasteiger partial charge on any atom is 0.251 e. The molecule has 0 radical (unpaired) electrons. The van der Waals surface area contributed by atoms with Crippen LogP contribution in [0.25, 0.3) is 0 Å². The average Bonchev–Trinajstić information content (AvgIpc) is 2.26. The van der Waals surface area contributed by atoms with Gasteiger partial charge >= 0.3 is 0 Å². The summed E-state index contributed by atoms with van der Waals surface area (Å²) in [5.41, 5.74) is 1.77. The molecule has 0 saturated heterocycles. The van der Waals surface area contributed by atoms with E-state index in [1.807, 2.05) is 12.1 Å². The number of hydrogen-bond acceptors (Lipinski definition) is 1. The first kappa shape index (κ1) is 11.7. The molecule has 1 amide bonds. The number of alkyl halides is 1. The minimum absolute atomic E-state index is 0.0742. The number of carbonyl (C=O) groups excluding carboxylic acids is 1. The van der Waals surface area contributed by atoms with Crippen molar-refractivity contribution in [2.24, 2.45) is 0 Å². The lowest BCUT2D eigenvalue weighted by Gasteiger charge is -2.06. The van der Waals surface area contributed by atoms with E-state index in [2.05, 4.69) is 19.2 Å². The minimum atomic E-state index is -0.532. The van der Waals surface area contributed by atoms with Crippen molar-refractivity contribution in [3.8, 4) is 0 Å². The lowest BCUT2D eigenvalue weighted by atomic mass is 10.0. The highest BCUT2D eigenvalue weighted by Gasteiger charge is 2.05. The van der Waals surface area contributed by atoms with E-state index < -0.39 is 6.67 Å². The molecule has 2 nitrogen and oxygen atoms in total. The Morgan fingerprint density at radius 3 is 2.40 bits per heavy atom. The van der Waals surface area contributed by atoms with Crippen molar-refractivity contribution in [1.29, 1.82) is 0 Å². The van der Waals surface area contributed by atoms with Crippen LogP contribution in [-0.2, 0) is 0 Å². The van der Waals surface area contributed by atoms with Crippen molar-refractivity contribution >= 4 is 5.91 Å². The van der Waals surface area contributed by atoms with Crippen LogP contribution in [0.4, 0.5) is 4.39 Å². The van der Waals surface area contributed by atoms with E-state index in [1.54, 1.807) is 12.1 Å². The van der Waals surface area contributed by atoms with Crippen LogP contribution in [-0.4, -0.2) is 19.1 Å². The van der Waals surface area contributed by atoms with Crippen molar-refractivity contribution in [3.63, 3.8) is 0 Å². The van der Waals surface area contributed by atoms with E-state index in [9.17, 15) is 9.18 Å². The van der Waals surface area contributed by atoms with Crippen LogP contribution < -0.4 is 5.32 Å². The van der Waals surface area contributed by atoms with Crippen LogP contribution in [0.3, 0.4) is 0 Å². The van der Waals surface area contributed by atoms with Crippen LogP contribution in [0.2, 0.25) is 0 Å². The van der Waals surface area contributed by atoms with Crippen LogP contribution in [0.15, 0.2) is 24.3 Å². The minimum Gasteiger partial charge on any atom is -0.349 e. The predicted molar refractivity (Wildman–Crippen MR) is 58.8 cm³/mol. The molecule has 0 atom stereocenters. The first-order valence-electron chi connectivity index (χ1n) is 5.09. The Morgan fingerprint density at radius 2 is 1.93 bits per heavy atom. The summed E-state index contributed by atoms with van der Waals surface area (Å²) in [6.07, 6.45) is 0. The van der Waals surface area contributed by atoms with Crippen molar-refractivity contribution in [2.45, 2.75) is 19.8 Å². The Morgan fingerprint density at radius 1 is 1.33 bits per heavy atom. The molecule has 0 spiro atoms. The molecule has 0 fully saturated rings. The maximum absolute atomic E-state index is 11.8. The Labute approximate surface area is 89.5 Å². The number of benzene rings is 1. The second-order valence-electron chi connectivity index (χ2n) is 3.72. The molecule has 0 heterocycles. The molecule has 1 rings (SSSR count). The van der Waals surface area contributed by atoms with Gasteiger partial charge < -0.3 is 5.32 Å². The topological polar surface area (TPSA) is 29.1 Å². The van der Waals surface area contributed by atoms with Crippen molar-refractivity contribution in [3.05, 3.63) is 35.4 Å². The summed E-state index contributed by atoms with van der Waals surface area (Å²) in [7, 11) is 0. The third-order valence-corrected chi connectivity index (χ3v) is 2.22. The summed E-state index contributed by atoms with van der Waals surface area (Å²) >= 11 is 0. The van der Waals surface area contributed by atoms with Gasteiger partial charge in [0.2, 0.25) is 0 Å². The second kappa shape index (κ2) is 5.49. The SMILES string of the molecule is CC(C)c1ccc(C(=O)NCCF)cc1. The third kappa shape index (κ3) is 3.35. The van der Waals surface area contributed by atoms with Gasteiger partial charge in [0.25, 0.3) is 5.91 Å². The highest BCUT2D eigenvalue weighted by atomic mass is 19.1. The van der Waals surface area contributed by atoms with Gasteiger partial charge in [-0.15, -0.1) is 0 Å². The van der Waals surface area contributed by atoms with Gasteiger partial charge in [-0.2, -0.15) is 0 Å². The molecular weight excluding hydrogens is 193 g/mol. The molecule has 1 aromatic carbocycles. The van der Waals surface area contributed by atoms with E-state index in [0.29, 0.717) is 11.5 Å². The highest BCUT2D eigenvalue weighted by Crippen LogP contribution is 2.14. The van der Waals surface area contributed by atoms with Gasteiger partial charge in [-0.1, -0.05) is 26.0 Å². The summed E-state index contributed by atoms with van der Waals surface area (Å²) in [4.78, 5) is 11.4. The first-order valence-corrected chi connectivity index (χ1v) is 5.09. The summed E-state index contributed by atoms with van der Waals surface area (Å²) < 4.78 is 11.8. The van der Waals surface area contributed by atoms with Crippen LogP contribution >= 0.6 is 0 Å². The third-order valence-electron chi connectivity index (χ3n) is 2.22.